The fraction of sp³-hybridized carbons (Fsp3) is 0.333. The maximum absolute atomic E-state index is 13.2. The van der Waals surface area contributed by atoms with Crippen LogP contribution in [-0.2, 0) is 14.8 Å². The molecule has 2 heterocycles. The van der Waals surface area contributed by atoms with E-state index in [0.717, 1.165) is 0 Å². The predicted molar refractivity (Wildman–Crippen MR) is 121 cm³/mol. The number of nitrogens with zero attached hydrogens (tertiary/aromatic N) is 3. The monoisotopic (exact) mass is 479 g/mol. The fourth-order valence-corrected chi connectivity index (χ4v) is 6.60. The Morgan fingerprint density at radius 3 is 2.35 bits per heavy atom. The van der Waals surface area contributed by atoms with Crippen molar-refractivity contribution in [2.45, 2.75) is 10.9 Å². The Morgan fingerprint density at radius 2 is 1.68 bits per heavy atom. The minimum atomic E-state index is -3.67. The number of carbonyl (C=O) groups excluding carboxylic acids is 2. The lowest BCUT2D eigenvalue weighted by Gasteiger charge is -2.36. The molecule has 7 nitrogen and oxygen atoms in total. The molecule has 2 amide bonds. The first-order chi connectivity index (χ1) is 14.9. The van der Waals surface area contributed by atoms with Crippen LogP contribution in [-0.4, -0.2) is 78.2 Å². The summed E-state index contributed by atoms with van der Waals surface area (Å²) in [4.78, 5) is 29.4. The summed E-state index contributed by atoms with van der Waals surface area (Å²) in [5, 5.41) is 0.358. The van der Waals surface area contributed by atoms with Crippen LogP contribution in [0.1, 0.15) is 10.4 Å². The normalized spacial score (nSPS) is 20.1. The van der Waals surface area contributed by atoms with Gasteiger partial charge in [0.05, 0.1) is 10.8 Å². The number of amides is 2. The van der Waals surface area contributed by atoms with Gasteiger partial charge < -0.3 is 9.80 Å². The smallest absolute Gasteiger partial charge is 0.255 e. The van der Waals surface area contributed by atoms with Crippen LogP contribution < -0.4 is 0 Å². The molecular weight excluding hydrogens is 458 g/mol. The Labute approximate surface area is 191 Å². The number of hydrogen-bond donors (Lipinski definition) is 0. The standard InChI is InChI=1S/C21H22ClN3O4S2/c22-17-7-4-8-18(13-17)31(28,29)24-11-9-23(10-12-24)21(27)19-14-30-15-25(19)20(26)16-5-2-1-3-6-16/h1-8,13,19H,9-12,14-15H2/t19-/m0/s1. The molecule has 2 aromatic rings. The van der Waals surface area contributed by atoms with Gasteiger partial charge in [0, 0.05) is 42.5 Å². The molecule has 2 fully saturated rings. The van der Waals surface area contributed by atoms with Crippen molar-refractivity contribution in [3.63, 3.8) is 0 Å². The van der Waals surface area contributed by atoms with Crippen molar-refractivity contribution < 1.29 is 18.0 Å². The second kappa shape index (κ2) is 9.20. The SMILES string of the molecule is O=C([C@@H]1CSCN1C(=O)c1ccccc1)N1CCN(S(=O)(=O)c2cccc(Cl)c2)CC1. The van der Waals surface area contributed by atoms with Gasteiger partial charge in [-0.25, -0.2) is 8.42 Å². The van der Waals surface area contributed by atoms with Crippen LogP contribution in [0.2, 0.25) is 5.02 Å². The number of rotatable bonds is 4. The second-order valence-electron chi connectivity index (χ2n) is 7.34. The van der Waals surface area contributed by atoms with Crippen molar-refractivity contribution in [2.75, 3.05) is 37.8 Å². The molecule has 0 spiro atoms. The number of carbonyl (C=O) groups is 2. The number of sulfonamides is 1. The molecule has 4 rings (SSSR count). The predicted octanol–water partition coefficient (Wildman–Crippen LogP) is 2.39. The summed E-state index contributed by atoms with van der Waals surface area (Å²) in [5.41, 5.74) is 0.556. The Kier molecular flexibility index (Phi) is 6.57. The summed E-state index contributed by atoms with van der Waals surface area (Å²) in [6.45, 7) is 0.973. The highest BCUT2D eigenvalue weighted by atomic mass is 35.5. The van der Waals surface area contributed by atoms with Gasteiger partial charge in [0.25, 0.3) is 5.91 Å². The average molecular weight is 480 g/mol. The summed E-state index contributed by atoms with van der Waals surface area (Å²) in [6, 6.07) is 14.6. The van der Waals surface area contributed by atoms with Crippen LogP contribution in [0.5, 0.6) is 0 Å². The zero-order chi connectivity index (χ0) is 22.0. The zero-order valence-electron chi connectivity index (χ0n) is 16.7. The van der Waals surface area contributed by atoms with Gasteiger partial charge >= 0.3 is 0 Å². The van der Waals surface area contributed by atoms with Crippen LogP contribution in [0.3, 0.4) is 0 Å². The Balaban J connectivity index is 1.41. The van der Waals surface area contributed by atoms with E-state index in [-0.39, 0.29) is 42.9 Å². The van der Waals surface area contributed by atoms with E-state index in [2.05, 4.69) is 0 Å². The van der Waals surface area contributed by atoms with Crippen LogP contribution in [0, 0.1) is 0 Å². The highest BCUT2D eigenvalue weighted by molar-refractivity contribution is 7.99. The van der Waals surface area contributed by atoms with Crippen LogP contribution in [0.15, 0.2) is 59.5 Å². The molecule has 0 unspecified atom stereocenters. The minimum absolute atomic E-state index is 0.130. The molecule has 31 heavy (non-hydrogen) atoms. The third kappa shape index (κ3) is 4.59. The molecular formula is C21H22ClN3O4S2. The van der Waals surface area contributed by atoms with Gasteiger partial charge in [0.2, 0.25) is 15.9 Å². The largest absolute Gasteiger partial charge is 0.338 e. The third-order valence-corrected chi connectivity index (χ3v) is 8.58. The molecule has 0 aromatic heterocycles. The van der Waals surface area contributed by atoms with Gasteiger partial charge in [-0.15, -0.1) is 11.8 Å². The van der Waals surface area contributed by atoms with Gasteiger partial charge in [-0.2, -0.15) is 4.31 Å². The van der Waals surface area contributed by atoms with E-state index in [0.29, 0.717) is 22.2 Å². The lowest BCUT2D eigenvalue weighted by molar-refractivity contribution is -0.136. The fourth-order valence-electron chi connectivity index (χ4n) is 3.73. The lowest BCUT2D eigenvalue weighted by atomic mass is 10.1. The van der Waals surface area contributed by atoms with Gasteiger partial charge in [0.15, 0.2) is 0 Å². The van der Waals surface area contributed by atoms with Crippen molar-refractivity contribution in [1.82, 2.24) is 14.1 Å². The highest BCUT2D eigenvalue weighted by Crippen LogP contribution is 2.26. The molecule has 0 radical (unpaired) electrons. The van der Waals surface area contributed by atoms with E-state index >= 15 is 0 Å². The quantitative estimate of drug-likeness (QED) is 0.672. The minimum Gasteiger partial charge on any atom is -0.338 e. The first-order valence-electron chi connectivity index (χ1n) is 9.86. The number of hydrogen-bond acceptors (Lipinski definition) is 5. The number of halogens is 1. The van der Waals surface area contributed by atoms with Gasteiger partial charge in [-0.3, -0.25) is 9.59 Å². The molecule has 2 aromatic carbocycles. The van der Waals surface area contributed by atoms with Gasteiger partial charge in [-0.05, 0) is 30.3 Å². The van der Waals surface area contributed by atoms with Crippen molar-refractivity contribution in [1.29, 1.82) is 0 Å². The van der Waals surface area contributed by atoms with Crippen molar-refractivity contribution >= 4 is 45.2 Å². The highest BCUT2D eigenvalue weighted by Gasteiger charge is 2.39. The summed E-state index contributed by atoms with van der Waals surface area (Å²) >= 11 is 7.49. The van der Waals surface area contributed by atoms with Crippen molar-refractivity contribution in [3.05, 3.63) is 65.2 Å². The summed E-state index contributed by atoms with van der Waals surface area (Å²) < 4.78 is 27.1. The molecule has 2 saturated heterocycles. The molecule has 10 heteroatoms. The van der Waals surface area contributed by atoms with Crippen LogP contribution in [0.4, 0.5) is 0 Å². The summed E-state index contributed by atoms with van der Waals surface area (Å²) in [5.74, 6) is 0.714. The van der Waals surface area contributed by atoms with Crippen molar-refractivity contribution in [3.8, 4) is 0 Å². The lowest BCUT2D eigenvalue weighted by Crippen LogP contribution is -2.55. The third-order valence-electron chi connectivity index (χ3n) is 5.43. The Morgan fingerprint density at radius 1 is 0.968 bits per heavy atom. The van der Waals surface area contributed by atoms with E-state index in [9.17, 15) is 18.0 Å². The van der Waals surface area contributed by atoms with E-state index in [1.165, 1.54) is 16.4 Å². The zero-order valence-corrected chi connectivity index (χ0v) is 19.1. The summed E-state index contributed by atoms with van der Waals surface area (Å²) in [6.07, 6.45) is 0. The molecule has 2 aliphatic heterocycles. The maximum Gasteiger partial charge on any atom is 0.255 e. The number of benzene rings is 2. The van der Waals surface area contributed by atoms with E-state index < -0.39 is 16.1 Å². The molecule has 0 N–H and O–H groups in total. The topological polar surface area (TPSA) is 78.0 Å². The first kappa shape index (κ1) is 22.1. The molecule has 0 bridgehead atoms. The number of piperazine rings is 1. The van der Waals surface area contributed by atoms with E-state index in [1.807, 2.05) is 6.07 Å². The summed E-state index contributed by atoms with van der Waals surface area (Å²) in [7, 11) is -3.67. The average Bonchev–Trinajstić information content (AvgIpc) is 3.28. The Hall–Kier alpha value is -2.07. The Bertz CT molecular complexity index is 1070. The van der Waals surface area contributed by atoms with Crippen molar-refractivity contribution in [2.24, 2.45) is 0 Å². The van der Waals surface area contributed by atoms with E-state index in [1.54, 1.807) is 58.0 Å². The second-order valence-corrected chi connectivity index (χ2v) is 10.7. The maximum atomic E-state index is 13.2. The molecule has 0 saturated carbocycles. The first-order valence-corrected chi connectivity index (χ1v) is 12.8. The van der Waals surface area contributed by atoms with E-state index in [4.69, 9.17) is 11.6 Å². The van der Waals surface area contributed by atoms with Crippen LogP contribution >= 0.6 is 23.4 Å². The number of thioether (sulfide) groups is 1. The van der Waals surface area contributed by atoms with Gasteiger partial charge in [0.1, 0.15) is 6.04 Å². The molecule has 2 aliphatic rings. The van der Waals surface area contributed by atoms with Crippen LogP contribution in [0.25, 0.3) is 0 Å². The molecule has 1 atom stereocenters. The molecule has 0 aliphatic carbocycles. The van der Waals surface area contributed by atoms with Gasteiger partial charge in [-0.1, -0.05) is 35.9 Å². The molecule has 164 valence electrons.